The molecule has 1 aromatic heterocycles. The molecule has 1 heterocycles. The normalized spacial score (nSPS) is 14.4. The first-order valence-corrected chi connectivity index (χ1v) is 6.75. The van der Waals surface area contributed by atoms with Crippen LogP contribution in [-0.4, -0.2) is 25.3 Å². The van der Waals surface area contributed by atoms with Crippen LogP contribution in [0.25, 0.3) is 0 Å². The Morgan fingerprint density at radius 1 is 1.47 bits per heavy atom. The average molecular weight is 256 g/mol. The van der Waals surface area contributed by atoms with Crippen LogP contribution in [0.5, 0.6) is 0 Å². The van der Waals surface area contributed by atoms with Crippen LogP contribution in [0.15, 0.2) is 11.4 Å². The standard InChI is InChI=1S/C13H20O3S/c1-5-15-13(14)11(4)16-7-10(3)12-6-9(2)8-17-12/h6,8,10-11H,5,7H2,1-4H3. The molecule has 0 saturated heterocycles. The highest BCUT2D eigenvalue weighted by Crippen LogP contribution is 2.23. The zero-order valence-electron chi connectivity index (χ0n) is 10.9. The van der Waals surface area contributed by atoms with Crippen LogP contribution in [0.3, 0.4) is 0 Å². The summed E-state index contributed by atoms with van der Waals surface area (Å²) in [6, 6.07) is 2.16. The van der Waals surface area contributed by atoms with Gasteiger partial charge in [-0.05, 0) is 37.8 Å². The molecule has 3 nitrogen and oxygen atoms in total. The molecule has 1 rings (SSSR count). The van der Waals surface area contributed by atoms with Crippen LogP contribution in [0.2, 0.25) is 0 Å². The van der Waals surface area contributed by atoms with Gasteiger partial charge in [0.2, 0.25) is 0 Å². The smallest absolute Gasteiger partial charge is 0.334 e. The number of ether oxygens (including phenoxy) is 2. The minimum Gasteiger partial charge on any atom is -0.464 e. The predicted molar refractivity (Wildman–Crippen MR) is 69.5 cm³/mol. The molecule has 0 fully saturated rings. The first-order valence-electron chi connectivity index (χ1n) is 5.87. The van der Waals surface area contributed by atoms with E-state index in [1.807, 2.05) is 0 Å². The van der Waals surface area contributed by atoms with Crippen molar-refractivity contribution in [2.75, 3.05) is 13.2 Å². The van der Waals surface area contributed by atoms with Crippen LogP contribution < -0.4 is 0 Å². The molecule has 0 aliphatic carbocycles. The van der Waals surface area contributed by atoms with Gasteiger partial charge in [0, 0.05) is 10.8 Å². The summed E-state index contributed by atoms with van der Waals surface area (Å²) < 4.78 is 10.4. The molecular formula is C13H20O3S. The lowest BCUT2D eigenvalue weighted by atomic mass is 10.1. The lowest BCUT2D eigenvalue weighted by molar-refractivity contribution is -0.155. The van der Waals surface area contributed by atoms with Crippen molar-refractivity contribution in [2.45, 2.75) is 39.7 Å². The average Bonchev–Trinajstić information content (AvgIpc) is 2.72. The summed E-state index contributed by atoms with van der Waals surface area (Å²) in [6.07, 6.45) is -0.488. The number of carbonyl (C=O) groups is 1. The molecule has 17 heavy (non-hydrogen) atoms. The molecule has 2 unspecified atom stereocenters. The summed E-state index contributed by atoms with van der Waals surface area (Å²) in [5.41, 5.74) is 1.27. The minimum absolute atomic E-state index is 0.290. The molecule has 0 spiro atoms. The highest BCUT2D eigenvalue weighted by atomic mass is 32.1. The fourth-order valence-corrected chi connectivity index (χ4v) is 2.35. The van der Waals surface area contributed by atoms with Gasteiger partial charge in [-0.1, -0.05) is 6.92 Å². The van der Waals surface area contributed by atoms with Crippen molar-refractivity contribution in [1.29, 1.82) is 0 Å². The summed E-state index contributed by atoms with van der Waals surface area (Å²) in [6.45, 7) is 8.64. The second-order valence-electron chi connectivity index (χ2n) is 4.16. The number of esters is 1. The number of rotatable bonds is 6. The van der Waals surface area contributed by atoms with E-state index in [2.05, 4.69) is 25.3 Å². The van der Waals surface area contributed by atoms with E-state index in [9.17, 15) is 4.79 Å². The maximum atomic E-state index is 11.4. The van der Waals surface area contributed by atoms with Gasteiger partial charge in [-0.15, -0.1) is 11.3 Å². The molecule has 96 valence electrons. The molecule has 2 atom stereocenters. The molecule has 4 heteroatoms. The molecule has 0 amide bonds. The Morgan fingerprint density at radius 2 is 2.18 bits per heavy atom. The van der Waals surface area contributed by atoms with E-state index in [0.29, 0.717) is 19.1 Å². The third-order valence-corrected chi connectivity index (χ3v) is 3.73. The van der Waals surface area contributed by atoms with Gasteiger partial charge >= 0.3 is 5.97 Å². The van der Waals surface area contributed by atoms with E-state index in [-0.39, 0.29) is 5.97 Å². The van der Waals surface area contributed by atoms with Crippen molar-refractivity contribution >= 4 is 17.3 Å². The number of hydrogen-bond acceptors (Lipinski definition) is 4. The summed E-state index contributed by atoms with van der Waals surface area (Å²) >= 11 is 1.73. The van der Waals surface area contributed by atoms with E-state index in [4.69, 9.17) is 9.47 Å². The Balaban J connectivity index is 2.37. The molecule has 0 radical (unpaired) electrons. The molecule has 0 aromatic carbocycles. The Hall–Kier alpha value is -0.870. The number of aryl methyl sites for hydroxylation is 1. The molecule has 1 aromatic rings. The van der Waals surface area contributed by atoms with Gasteiger partial charge in [-0.2, -0.15) is 0 Å². The van der Waals surface area contributed by atoms with Crippen LogP contribution in [-0.2, 0) is 14.3 Å². The zero-order valence-corrected chi connectivity index (χ0v) is 11.7. The number of hydrogen-bond donors (Lipinski definition) is 0. The Bertz CT molecular complexity index is 359. The maximum absolute atomic E-state index is 11.4. The lowest BCUT2D eigenvalue weighted by Crippen LogP contribution is -2.24. The number of thiophene rings is 1. The van der Waals surface area contributed by atoms with Gasteiger partial charge in [0.05, 0.1) is 13.2 Å². The van der Waals surface area contributed by atoms with E-state index in [1.165, 1.54) is 10.4 Å². The largest absolute Gasteiger partial charge is 0.464 e. The molecular weight excluding hydrogens is 236 g/mol. The first kappa shape index (κ1) is 14.2. The zero-order chi connectivity index (χ0) is 12.8. The maximum Gasteiger partial charge on any atom is 0.334 e. The van der Waals surface area contributed by atoms with Gasteiger partial charge in [0.25, 0.3) is 0 Å². The molecule has 0 bridgehead atoms. The third kappa shape index (κ3) is 4.48. The Morgan fingerprint density at radius 3 is 2.71 bits per heavy atom. The van der Waals surface area contributed by atoms with Gasteiger partial charge in [0.15, 0.2) is 6.10 Å². The van der Waals surface area contributed by atoms with Gasteiger partial charge < -0.3 is 9.47 Å². The molecule has 0 aliphatic rings. The van der Waals surface area contributed by atoms with Crippen molar-refractivity contribution in [3.05, 3.63) is 21.9 Å². The third-order valence-electron chi connectivity index (χ3n) is 2.45. The van der Waals surface area contributed by atoms with Crippen LogP contribution >= 0.6 is 11.3 Å². The van der Waals surface area contributed by atoms with Crippen molar-refractivity contribution in [3.63, 3.8) is 0 Å². The van der Waals surface area contributed by atoms with Gasteiger partial charge in [-0.3, -0.25) is 0 Å². The second kappa shape index (κ2) is 6.77. The first-order chi connectivity index (χ1) is 8.04. The highest BCUT2D eigenvalue weighted by molar-refractivity contribution is 7.10. The van der Waals surface area contributed by atoms with E-state index >= 15 is 0 Å². The van der Waals surface area contributed by atoms with Gasteiger partial charge in [0.1, 0.15) is 0 Å². The molecule has 0 aliphatic heterocycles. The van der Waals surface area contributed by atoms with E-state index in [0.717, 1.165) is 0 Å². The quantitative estimate of drug-likeness (QED) is 0.734. The van der Waals surface area contributed by atoms with E-state index < -0.39 is 6.10 Å². The van der Waals surface area contributed by atoms with Crippen molar-refractivity contribution < 1.29 is 14.3 Å². The SMILES string of the molecule is CCOC(=O)C(C)OCC(C)c1cc(C)cs1. The number of carbonyl (C=O) groups excluding carboxylic acids is 1. The van der Waals surface area contributed by atoms with Crippen molar-refractivity contribution in [1.82, 2.24) is 0 Å². The second-order valence-corrected chi connectivity index (χ2v) is 5.10. The Labute approximate surface area is 107 Å². The van der Waals surface area contributed by atoms with E-state index in [1.54, 1.807) is 25.2 Å². The fraction of sp³-hybridized carbons (Fsp3) is 0.615. The van der Waals surface area contributed by atoms with Crippen LogP contribution in [0, 0.1) is 6.92 Å². The van der Waals surface area contributed by atoms with Crippen LogP contribution in [0.4, 0.5) is 0 Å². The summed E-state index contributed by atoms with van der Waals surface area (Å²) in [5.74, 6) is 0.0210. The lowest BCUT2D eigenvalue weighted by Gasteiger charge is -2.15. The summed E-state index contributed by atoms with van der Waals surface area (Å²) in [7, 11) is 0. The topological polar surface area (TPSA) is 35.5 Å². The molecule has 0 N–H and O–H groups in total. The monoisotopic (exact) mass is 256 g/mol. The van der Waals surface area contributed by atoms with Crippen molar-refractivity contribution in [3.8, 4) is 0 Å². The van der Waals surface area contributed by atoms with Crippen LogP contribution in [0.1, 0.15) is 37.1 Å². The van der Waals surface area contributed by atoms with Gasteiger partial charge in [-0.25, -0.2) is 4.79 Å². The molecule has 0 saturated carbocycles. The summed E-state index contributed by atoms with van der Waals surface area (Å²) in [4.78, 5) is 12.6. The highest BCUT2D eigenvalue weighted by Gasteiger charge is 2.16. The summed E-state index contributed by atoms with van der Waals surface area (Å²) in [5, 5.41) is 2.13. The van der Waals surface area contributed by atoms with Crippen molar-refractivity contribution in [2.24, 2.45) is 0 Å². The fourth-order valence-electron chi connectivity index (χ4n) is 1.41. The minimum atomic E-state index is -0.488. The predicted octanol–water partition coefficient (Wildman–Crippen LogP) is 3.13. The Kier molecular flexibility index (Phi) is 5.65.